The number of ether oxygens (including phenoxy) is 1. The van der Waals surface area contributed by atoms with Gasteiger partial charge >= 0.3 is 6.09 Å². The van der Waals surface area contributed by atoms with Crippen LogP contribution in [0.25, 0.3) is 0 Å². The first-order chi connectivity index (χ1) is 20.9. The molecule has 0 saturated heterocycles. The lowest BCUT2D eigenvalue weighted by Crippen LogP contribution is -2.61. The third-order valence-corrected chi connectivity index (χ3v) is 10.7. The van der Waals surface area contributed by atoms with Gasteiger partial charge in [-0.25, -0.2) is 4.79 Å². The van der Waals surface area contributed by atoms with Gasteiger partial charge in [-0.1, -0.05) is 71.4 Å². The molecule has 1 amide bonds. The summed E-state index contributed by atoms with van der Waals surface area (Å²) in [4.78, 5) is 67.6. The molecule has 0 spiro atoms. The average molecular weight is 606 g/mol. The molecule has 6 atom stereocenters. The van der Waals surface area contributed by atoms with E-state index >= 15 is 0 Å². The van der Waals surface area contributed by atoms with Crippen LogP contribution in [0.2, 0.25) is 0 Å². The predicted octanol–water partition coefficient (Wildman–Crippen LogP) is 6.50. The van der Waals surface area contributed by atoms with E-state index in [4.69, 9.17) is 4.74 Å². The minimum atomic E-state index is -0.781. The van der Waals surface area contributed by atoms with Crippen molar-refractivity contribution in [2.45, 2.75) is 98.4 Å². The zero-order valence-electron chi connectivity index (χ0n) is 27.2. The van der Waals surface area contributed by atoms with Gasteiger partial charge in [0.1, 0.15) is 5.78 Å². The summed E-state index contributed by atoms with van der Waals surface area (Å²) in [7, 11) is 0. The molecule has 3 fully saturated rings. The van der Waals surface area contributed by atoms with Crippen molar-refractivity contribution in [1.29, 1.82) is 0 Å². The quantitative estimate of drug-likeness (QED) is 0.170. The summed E-state index contributed by atoms with van der Waals surface area (Å²) in [5.41, 5.74) is 2.26. The van der Waals surface area contributed by atoms with Crippen LogP contribution >= 0.6 is 0 Å². The second-order valence-corrected chi connectivity index (χ2v) is 14.5. The second-order valence-electron chi connectivity index (χ2n) is 14.5. The van der Waals surface area contributed by atoms with Crippen molar-refractivity contribution < 1.29 is 28.7 Å². The number of hydrogen-bond acceptors (Lipinski definition) is 6. The van der Waals surface area contributed by atoms with Crippen LogP contribution in [0.3, 0.4) is 0 Å². The Balaban J connectivity index is 1.60. The van der Waals surface area contributed by atoms with Crippen molar-refractivity contribution in [1.82, 2.24) is 5.32 Å². The molecule has 4 aliphatic rings. The maximum absolute atomic E-state index is 14.6. The number of fused-ring (bicyclic) bond motifs is 3. The summed E-state index contributed by atoms with van der Waals surface area (Å²) in [6.07, 6.45) is 5.43. The molecule has 5 rings (SSSR count). The van der Waals surface area contributed by atoms with Gasteiger partial charge in [0.15, 0.2) is 11.6 Å². The Morgan fingerprint density at radius 1 is 1.07 bits per heavy atom. The zero-order chi connectivity index (χ0) is 32.2. The van der Waals surface area contributed by atoms with Gasteiger partial charge in [0.2, 0.25) is 5.78 Å². The Bertz CT molecular complexity index is 1240. The maximum Gasteiger partial charge on any atom is 0.407 e. The van der Waals surface area contributed by atoms with Crippen LogP contribution in [-0.4, -0.2) is 41.9 Å². The molecule has 3 saturated carbocycles. The van der Waals surface area contributed by atoms with Gasteiger partial charge in [-0.3, -0.25) is 19.2 Å². The predicted molar refractivity (Wildman–Crippen MR) is 170 cm³/mol. The molecular weight excluding hydrogens is 554 g/mol. The van der Waals surface area contributed by atoms with E-state index in [0.717, 1.165) is 6.42 Å². The lowest BCUT2D eigenvalue weighted by atomic mass is 9.41. The van der Waals surface area contributed by atoms with Crippen molar-refractivity contribution in [3.63, 3.8) is 0 Å². The third-order valence-electron chi connectivity index (χ3n) is 10.7. The van der Waals surface area contributed by atoms with Crippen molar-refractivity contribution in [3.05, 3.63) is 48.0 Å². The highest BCUT2D eigenvalue weighted by atomic mass is 16.5. The van der Waals surface area contributed by atoms with E-state index in [1.54, 1.807) is 6.08 Å². The Kier molecular flexibility index (Phi) is 11.0. The van der Waals surface area contributed by atoms with E-state index in [9.17, 15) is 24.0 Å². The van der Waals surface area contributed by atoms with E-state index in [1.807, 2.05) is 32.9 Å². The first-order valence-corrected chi connectivity index (χ1v) is 16.6. The van der Waals surface area contributed by atoms with Crippen molar-refractivity contribution in [3.8, 4) is 0 Å². The Labute approximate surface area is 263 Å². The van der Waals surface area contributed by atoms with Crippen LogP contribution in [0.4, 0.5) is 4.79 Å². The molecule has 7 heteroatoms. The van der Waals surface area contributed by atoms with Crippen molar-refractivity contribution in [2.75, 3.05) is 6.61 Å². The lowest BCUT2D eigenvalue weighted by molar-refractivity contribution is -0.168. The Morgan fingerprint density at radius 3 is 2.30 bits per heavy atom. The summed E-state index contributed by atoms with van der Waals surface area (Å²) >= 11 is 0. The molecular formula is C37H51NO6. The number of amides is 1. The van der Waals surface area contributed by atoms with Crippen LogP contribution in [0.5, 0.6) is 0 Å². The van der Waals surface area contributed by atoms with Crippen LogP contribution in [0.15, 0.2) is 36.9 Å². The summed E-state index contributed by atoms with van der Waals surface area (Å²) in [6, 6.07) is 7.34. The monoisotopic (exact) mass is 605 g/mol. The topological polar surface area (TPSA) is 107 Å². The molecule has 0 aromatic heterocycles. The fraction of sp³-hybridized carbons (Fsp3) is 0.649. The minimum Gasteiger partial charge on any atom is -0.449 e. The van der Waals surface area contributed by atoms with Crippen molar-refractivity contribution >= 4 is 29.2 Å². The average Bonchev–Trinajstić information content (AvgIpc) is 3.44. The summed E-state index contributed by atoms with van der Waals surface area (Å²) in [6.45, 7) is 14.1. The molecule has 0 heterocycles. The van der Waals surface area contributed by atoms with Gasteiger partial charge in [-0.05, 0) is 78.7 Å². The number of allylic oxidation sites excluding steroid dienone is 1. The number of ketones is 4. The number of carbonyl (C=O) groups is 5. The van der Waals surface area contributed by atoms with Crippen LogP contribution in [-0.2, 0) is 36.8 Å². The Hall–Kier alpha value is -3.09. The van der Waals surface area contributed by atoms with Gasteiger partial charge < -0.3 is 10.1 Å². The third kappa shape index (κ3) is 7.24. The molecule has 1 aromatic rings. The van der Waals surface area contributed by atoms with Gasteiger partial charge in [0.05, 0.1) is 12.6 Å². The van der Waals surface area contributed by atoms with Crippen LogP contribution in [0, 0.1) is 46.8 Å². The molecule has 240 valence electrons. The highest BCUT2D eigenvalue weighted by Crippen LogP contribution is 2.64. The summed E-state index contributed by atoms with van der Waals surface area (Å²) in [5, 5.41) is 2.94. The van der Waals surface area contributed by atoms with Gasteiger partial charge in [-0.15, -0.1) is 6.58 Å². The smallest absolute Gasteiger partial charge is 0.407 e. The number of rotatable bonds is 16. The SMILES string of the molecule is C=CCCC(=O)C(=O)C(CCC)CC(=O)C1C2CC(C[C@@H]1C(=O)C(NC(=O)OCC(C)C)C1Cc3ccccc3C1)C2(C)C. The summed E-state index contributed by atoms with van der Waals surface area (Å²) < 4.78 is 5.46. The molecule has 5 unspecified atom stereocenters. The largest absolute Gasteiger partial charge is 0.449 e. The maximum atomic E-state index is 14.6. The van der Waals surface area contributed by atoms with Gasteiger partial charge in [-0.2, -0.15) is 0 Å². The minimum absolute atomic E-state index is 0.0193. The van der Waals surface area contributed by atoms with Crippen LogP contribution in [0.1, 0.15) is 90.7 Å². The van der Waals surface area contributed by atoms with E-state index in [2.05, 4.69) is 37.9 Å². The second kappa shape index (κ2) is 14.3. The van der Waals surface area contributed by atoms with Gasteiger partial charge in [0.25, 0.3) is 0 Å². The lowest BCUT2D eigenvalue weighted by Gasteiger charge is -2.62. The molecule has 0 aliphatic heterocycles. The highest BCUT2D eigenvalue weighted by molar-refractivity contribution is 6.38. The normalized spacial score (nSPS) is 24.9. The van der Waals surface area contributed by atoms with E-state index in [1.165, 1.54) is 11.1 Å². The van der Waals surface area contributed by atoms with E-state index in [0.29, 0.717) is 44.4 Å². The highest BCUT2D eigenvalue weighted by Gasteiger charge is 2.61. The molecule has 1 N–H and O–H groups in total. The number of nitrogens with one attached hydrogen (secondary N) is 1. The number of benzene rings is 1. The molecule has 1 aromatic carbocycles. The van der Waals surface area contributed by atoms with Crippen LogP contribution < -0.4 is 5.32 Å². The number of carbonyl (C=O) groups excluding carboxylic acids is 5. The van der Waals surface area contributed by atoms with Crippen molar-refractivity contribution in [2.24, 2.45) is 46.8 Å². The first kappa shape index (κ1) is 33.8. The summed E-state index contributed by atoms with van der Waals surface area (Å²) in [5.74, 6) is -2.56. The Morgan fingerprint density at radius 2 is 1.73 bits per heavy atom. The molecule has 2 bridgehead atoms. The van der Waals surface area contributed by atoms with E-state index < -0.39 is 41.5 Å². The molecule has 4 aliphatic carbocycles. The molecule has 0 radical (unpaired) electrons. The fourth-order valence-electron chi connectivity index (χ4n) is 8.07. The number of Topliss-reactive ketones (excluding diaryl/α,β-unsaturated/α-hetero) is 4. The fourth-order valence-corrected chi connectivity index (χ4v) is 8.07. The standard InChI is InChI=1S/C37H51NO6/c1-7-9-15-30(39)34(41)25(12-8-2)18-31(40)32-28(19-27-20-29(32)37(27,5)6)35(42)33(38-36(43)44-21-22(3)4)26-16-23-13-10-11-14-24(23)17-26/h7,10-11,13-14,22,25-29,32-33H,1,8-9,12,15-21H2,2-6H3,(H,38,43)/t25?,27?,28-,29?,32?,33?/m0/s1. The first-order valence-electron chi connectivity index (χ1n) is 16.6. The molecule has 7 nitrogen and oxygen atoms in total. The van der Waals surface area contributed by atoms with Gasteiger partial charge in [0, 0.05) is 30.6 Å². The number of hydrogen-bond donors (Lipinski definition) is 1. The number of alkyl carbamates (subject to hydrolysis) is 1. The zero-order valence-corrected chi connectivity index (χ0v) is 27.2. The molecule has 44 heavy (non-hydrogen) atoms. The van der Waals surface area contributed by atoms with E-state index in [-0.39, 0.29) is 54.2 Å².